The van der Waals surface area contributed by atoms with Gasteiger partial charge in [-0.25, -0.2) is 9.59 Å². The smallest absolute Gasteiger partial charge is 0.411 e. The van der Waals surface area contributed by atoms with E-state index >= 15 is 0 Å². The molecule has 1 aliphatic rings. The molecular weight excluding hydrogens is 306 g/mol. The maximum Gasteiger partial charge on any atom is 0.411 e. The largest absolute Gasteiger partial charge is 0.480 e. The molecular formula is C19H27NO4. The van der Waals surface area contributed by atoms with E-state index in [2.05, 4.69) is 12.1 Å². The van der Waals surface area contributed by atoms with Crippen molar-refractivity contribution in [3.05, 3.63) is 35.9 Å². The van der Waals surface area contributed by atoms with Gasteiger partial charge in [-0.3, -0.25) is 4.90 Å². The molecule has 1 aliphatic heterocycles. The van der Waals surface area contributed by atoms with Crippen LogP contribution in [-0.4, -0.2) is 40.3 Å². The number of hydrogen-bond donors (Lipinski definition) is 1. The van der Waals surface area contributed by atoms with Crippen molar-refractivity contribution < 1.29 is 19.4 Å². The van der Waals surface area contributed by atoms with Gasteiger partial charge in [-0.2, -0.15) is 0 Å². The van der Waals surface area contributed by atoms with Gasteiger partial charge < -0.3 is 9.84 Å². The molecule has 132 valence electrons. The maximum absolute atomic E-state index is 12.3. The van der Waals surface area contributed by atoms with Gasteiger partial charge >= 0.3 is 12.1 Å². The Bertz CT molecular complexity index is 564. The average Bonchev–Trinajstić information content (AvgIpc) is 2.91. The Kier molecular flexibility index (Phi) is 5.86. The lowest BCUT2D eigenvalue weighted by molar-refractivity contribution is -0.143. The summed E-state index contributed by atoms with van der Waals surface area (Å²) in [4.78, 5) is 25.3. The summed E-state index contributed by atoms with van der Waals surface area (Å²) in [5.74, 6) is -0.957. The second kappa shape index (κ2) is 7.69. The molecule has 0 radical (unpaired) electrons. The number of carboxylic acids is 1. The van der Waals surface area contributed by atoms with E-state index in [9.17, 15) is 14.7 Å². The summed E-state index contributed by atoms with van der Waals surface area (Å²) in [6.07, 6.45) is 2.83. The first-order valence-corrected chi connectivity index (χ1v) is 8.54. The minimum atomic E-state index is -0.942. The SMILES string of the molecule is CC(C)(C)OC(=O)N1CCC(CCCc2ccccc2)C1C(=O)O. The Morgan fingerprint density at radius 3 is 2.50 bits per heavy atom. The number of likely N-dealkylation sites (tertiary alicyclic amines) is 1. The zero-order valence-corrected chi connectivity index (χ0v) is 14.7. The average molecular weight is 333 g/mol. The van der Waals surface area contributed by atoms with E-state index in [-0.39, 0.29) is 5.92 Å². The molecule has 0 aromatic heterocycles. The Morgan fingerprint density at radius 1 is 1.25 bits per heavy atom. The van der Waals surface area contributed by atoms with Crippen molar-refractivity contribution in [2.45, 2.75) is 58.1 Å². The van der Waals surface area contributed by atoms with Crippen LogP contribution in [0.5, 0.6) is 0 Å². The highest BCUT2D eigenvalue weighted by Gasteiger charge is 2.43. The summed E-state index contributed by atoms with van der Waals surface area (Å²) in [5, 5.41) is 9.57. The predicted molar refractivity (Wildman–Crippen MR) is 91.9 cm³/mol. The first-order valence-electron chi connectivity index (χ1n) is 8.54. The Morgan fingerprint density at radius 2 is 1.92 bits per heavy atom. The maximum atomic E-state index is 12.3. The molecule has 0 saturated carbocycles. The molecule has 24 heavy (non-hydrogen) atoms. The number of aliphatic carboxylic acids is 1. The van der Waals surface area contributed by atoms with Gasteiger partial charge in [-0.1, -0.05) is 30.3 Å². The number of hydrogen-bond acceptors (Lipinski definition) is 3. The van der Waals surface area contributed by atoms with Crippen LogP contribution in [-0.2, 0) is 16.0 Å². The number of amides is 1. The molecule has 5 heteroatoms. The van der Waals surface area contributed by atoms with Gasteiger partial charge in [0.2, 0.25) is 0 Å². The van der Waals surface area contributed by atoms with Crippen LogP contribution in [0.15, 0.2) is 30.3 Å². The Labute approximate surface area is 143 Å². The highest BCUT2D eigenvalue weighted by molar-refractivity contribution is 5.81. The van der Waals surface area contributed by atoms with Gasteiger partial charge in [0.1, 0.15) is 11.6 Å². The molecule has 0 aliphatic carbocycles. The van der Waals surface area contributed by atoms with Gasteiger partial charge in [-0.15, -0.1) is 0 Å². The van der Waals surface area contributed by atoms with E-state index in [1.807, 2.05) is 18.2 Å². The molecule has 5 nitrogen and oxygen atoms in total. The number of carbonyl (C=O) groups excluding carboxylic acids is 1. The van der Waals surface area contributed by atoms with Crippen molar-refractivity contribution in [1.82, 2.24) is 4.90 Å². The topological polar surface area (TPSA) is 66.8 Å². The molecule has 2 atom stereocenters. The number of aryl methyl sites for hydroxylation is 1. The third-order valence-corrected chi connectivity index (χ3v) is 4.29. The fourth-order valence-electron chi connectivity index (χ4n) is 3.23. The molecule has 1 amide bonds. The molecule has 2 unspecified atom stereocenters. The van der Waals surface area contributed by atoms with Crippen molar-refractivity contribution in [3.63, 3.8) is 0 Å². The van der Waals surface area contributed by atoms with Gasteiger partial charge in [0.05, 0.1) is 0 Å². The predicted octanol–water partition coefficient (Wildman–Crippen LogP) is 3.72. The van der Waals surface area contributed by atoms with Gasteiger partial charge in [0.25, 0.3) is 0 Å². The lowest BCUT2D eigenvalue weighted by Crippen LogP contribution is -2.45. The molecule has 1 N–H and O–H groups in total. The van der Waals surface area contributed by atoms with Crippen molar-refractivity contribution >= 4 is 12.1 Å². The third-order valence-electron chi connectivity index (χ3n) is 4.29. The number of ether oxygens (including phenoxy) is 1. The van der Waals surface area contributed by atoms with Crippen LogP contribution in [0.2, 0.25) is 0 Å². The summed E-state index contributed by atoms with van der Waals surface area (Å²) in [6, 6.07) is 9.38. The fraction of sp³-hybridized carbons (Fsp3) is 0.579. The summed E-state index contributed by atoms with van der Waals surface area (Å²) in [5.41, 5.74) is 0.636. The molecule has 1 aromatic carbocycles. The monoisotopic (exact) mass is 333 g/mol. The lowest BCUT2D eigenvalue weighted by atomic mass is 9.93. The molecule has 0 spiro atoms. The van der Waals surface area contributed by atoms with E-state index in [0.717, 1.165) is 19.3 Å². The standard InChI is InChI=1S/C19H27NO4/c1-19(2,3)24-18(23)20-13-12-15(16(20)17(21)22)11-7-10-14-8-5-4-6-9-14/h4-6,8-9,15-16H,7,10-13H2,1-3H3,(H,21,22). The van der Waals surface area contributed by atoms with Crippen LogP contribution in [0.3, 0.4) is 0 Å². The number of nitrogens with zero attached hydrogens (tertiary/aromatic N) is 1. The van der Waals surface area contributed by atoms with Crippen LogP contribution in [0, 0.1) is 5.92 Å². The van der Waals surface area contributed by atoms with E-state index in [4.69, 9.17) is 4.74 Å². The molecule has 1 aromatic rings. The molecule has 0 bridgehead atoms. The van der Waals surface area contributed by atoms with E-state index in [1.54, 1.807) is 20.8 Å². The third kappa shape index (κ3) is 4.98. The van der Waals surface area contributed by atoms with E-state index in [0.29, 0.717) is 13.0 Å². The Balaban J connectivity index is 1.93. The highest BCUT2D eigenvalue weighted by Crippen LogP contribution is 2.30. The second-order valence-electron chi connectivity index (χ2n) is 7.38. The quantitative estimate of drug-likeness (QED) is 0.892. The zero-order chi connectivity index (χ0) is 17.7. The van der Waals surface area contributed by atoms with Crippen LogP contribution in [0.25, 0.3) is 0 Å². The van der Waals surface area contributed by atoms with Crippen molar-refractivity contribution in [2.24, 2.45) is 5.92 Å². The van der Waals surface area contributed by atoms with Crippen LogP contribution in [0.4, 0.5) is 4.79 Å². The van der Waals surface area contributed by atoms with Gasteiger partial charge in [-0.05, 0) is 57.9 Å². The number of rotatable bonds is 5. The minimum Gasteiger partial charge on any atom is -0.480 e. The van der Waals surface area contributed by atoms with Gasteiger partial charge in [0, 0.05) is 6.54 Å². The summed E-state index contributed by atoms with van der Waals surface area (Å²) >= 11 is 0. The summed E-state index contributed by atoms with van der Waals surface area (Å²) in [7, 11) is 0. The number of carbonyl (C=O) groups is 2. The molecule has 2 rings (SSSR count). The zero-order valence-electron chi connectivity index (χ0n) is 14.7. The first-order chi connectivity index (χ1) is 11.3. The summed E-state index contributed by atoms with van der Waals surface area (Å²) in [6.45, 7) is 5.80. The first kappa shape index (κ1) is 18.3. The minimum absolute atomic E-state index is 0.0151. The normalized spacial score (nSPS) is 20.9. The molecule has 1 heterocycles. The second-order valence-corrected chi connectivity index (χ2v) is 7.38. The van der Waals surface area contributed by atoms with Crippen molar-refractivity contribution in [1.29, 1.82) is 0 Å². The number of benzene rings is 1. The van der Waals surface area contributed by atoms with Crippen LogP contribution >= 0.6 is 0 Å². The summed E-state index contributed by atoms with van der Waals surface area (Å²) < 4.78 is 5.35. The number of carboxylic acid groups (broad SMARTS) is 1. The van der Waals surface area contributed by atoms with E-state index in [1.165, 1.54) is 10.5 Å². The Hall–Kier alpha value is -2.04. The van der Waals surface area contributed by atoms with Crippen molar-refractivity contribution in [2.75, 3.05) is 6.54 Å². The molecule has 1 saturated heterocycles. The van der Waals surface area contributed by atoms with E-state index < -0.39 is 23.7 Å². The van der Waals surface area contributed by atoms with Crippen LogP contribution < -0.4 is 0 Å². The lowest BCUT2D eigenvalue weighted by Gasteiger charge is -2.28. The van der Waals surface area contributed by atoms with Crippen LogP contribution in [0.1, 0.15) is 45.6 Å². The molecule has 1 fully saturated rings. The fourth-order valence-corrected chi connectivity index (χ4v) is 3.23. The highest BCUT2D eigenvalue weighted by atomic mass is 16.6. The van der Waals surface area contributed by atoms with Gasteiger partial charge in [0.15, 0.2) is 0 Å². The van der Waals surface area contributed by atoms with Crippen molar-refractivity contribution in [3.8, 4) is 0 Å².